The van der Waals surface area contributed by atoms with E-state index < -0.39 is 17.7 Å². The Kier molecular flexibility index (Phi) is 6.96. The standard InChI is InChI=1S/C19H19Br2N3O5/c1-11-5-13(20)7-15(21)18(11)29-10-16(25)22-23-19(27)12-6-17(26)24(8-12)9-14-3-2-4-28-14/h2-5,7,12H,6,8-10H2,1H3,(H,22,25)(H,23,27). The Morgan fingerprint density at radius 3 is 2.79 bits per heavy atom. The minimum Gasteiger partial charge on any atom is -0.482 e. The van der Waals surface area contributed by atoms with E-state index in [-0.39, 0.29) is 25.5 Å². The Morgan fingerprint density at radius 1 is 1.31 bits per heavy atom. The van der Waals surface area contributed by atoms with Gasteiger partial charge in [-0.05, 0) is 52.7 Å². The van der Waals surface area contributed by atoms with Crippen molar-refractivity contribution in [2.24, 2.45) is 5.92 Å². The number of aryl methyl sites for hydroxylation is 1. The Hall–Kier alpha value is -2.33. The number of benzene rings is 1. The Balaban J connectivity index is 1.44. The van der Waals surface area contributed by atoms with Crippen molar-refractivity contribution in [1.29, 1.82) is 0 Å². The largest absolute Gasteiger partial charge is 0.482 e. The third kappa shape index (κ3) is 5.60. The molecule has 1 aromatic heterocycles. The highest BCUT2D eigenvalue weighted by Gasteiger charge is 2.34. The molecule has 0 bridgehead atoms. The van der Waals surface area contributed by atoms with Gasteiger partial charge in [-0.25, -0.2) is 0 Å². The normalized spacial score (nSPS) is 16.0. The molecule has 1 saturated heterocycles. The number of furan rings is 1. The smallest absolute Gasteiger partial charge is 0.276 e. The van der Waals surface area contributed by atoms with Gasteiger partial charge in [0, 0.05) is 17.4 Å². The number of carbonyl (C=O) groups is 3. The molecular weight excluding hydrogens is 510 g/mol. The van der Waals surface area contributed by atoms with Gasteiger partial charge in [-0.3, -0.25) is 25.2 Å². The molecule has 2 N–H and O–H groups in total. The van der Waals surface area contributed by atoms with Crippen molar-refractivity contribution in [3.63, 3.8) is 0 Å². The Morgan fingerprint density at radius 2 is 2.10 bits per heavy atom. The Bertz CT molecular complexity index is 894. The van der Waals surface area contributed by atoms with Crippen LogP contribution in [0.15, 0.2) is 43.9 Å². The van der Waals surface area contributed by atoms with Crippen LogP contribution in [0.5, 0.6) is 5.75 Å². The number of carbonyl (C=O) groups excluding carboxylic acids is 3. The van der Waals surface area contributed by atoms with Crippen LogP contribution in [0.2, 0.25) is 0 Å². The lowest BCUT2D eigenvalue weighted by molar-refractivity contribution is -0.132. The molecule has 0 radical (unpaired) electrons. The van der Waals surface area contributed by atoms with E-state index in [1.165, 1.54) is 6.26 Å². The maximum atomic E-state index is 12.3. The van der Waals surface area contributed by atoms with Crippen molar-refractivity contribution in [1.82, 2.24) is 15.8 Å². The third-order valence-electron chi connectivity index (χ3n) is 4.38. The van der Waals surface area contributed by atoms with Crippen LogP contribution in [0, 0.1) is 12.8 Å². The summed E-state index contributed by atoms with van der Waals surface area (Å²) in [4.78, 5) is 37.9. The lowest BCUT2D eigenvalue weighted by Gasteiger charge is -2.15. The minimum absolute atomic E-state index is 0.0872. The van der Waals surface area contributed by atoms with Gasteiger partial charge in [0.15, 0.2) is 6.61 Å². The van der Waals surface area contributed by atoms with E-state index in [0.29, 0.717) is 22.5 Å². The zero-order valence-corrected chi connectivity index (χ0v) is 18.7. The molecule has 154 valence electrons. The summed E-state index contributed by atoms with van der Waals surface area (Å²) < 4.78 is 12.4. The maximum absolute atomic E-state index is 12.3. The summed E-state index contributed by atoms with van der Waals surface area (Å²) in [6.07, 6.45) is 1.62. The van der Waals surface area contributed by atoms with Crippen LogP contribution in [0.4, 0.5) is 0 Å². The number of halogens is 2. The summed E-state index contributed by atoms with van der Waals surface area (Å²) in [5.74, 6) is -0.406. The van der Waals surface area contributed by atoms with Crippen LogP contribution in [0.3, 0.4) is 0 Å². The number of hydrogen-bond acceptors (Lipinski definition) is 5. The molecule has 3 rings (SSSR count). The van der Waals surface area contributed by atoms with Gasteiger partial charge in [0.1, 0.15) is 11.5 Å². The first-order valence-electron chi connectivity index (χ1n) is 8.80. The molecule has 1 aromatic carbocycles. The van der Waals surface area contributed by atoms with E-state index in [4.69, 9.17) is 9.15 Å². The van der Waals surface area contributed by atoms with Crippen LogP contribution < -0.4 is 15.6 Å². The molecule has 10 heteroatoms. The molecular formula is C19H19Br2N3O5. The van der Waals surface area contributed by atoms with Crippen molar-refractivity contribution in [2.45, 2.75) is 19.9 Å². The molecule has 2 aromatic rings. The van der Waals surface area contributed by atoms with Crippen LogP contribution in [-0.2, 0) is 20.9 Å². The number of nitrogens with one attached hydrogen (secondary N) is 2. The van der Waals surface area contributed by atoms with E-state index in [0.717, 1.165) is 10.0 Å². The quantitative estimate of drug-likeness (QED) is 0.561. The molecule has 1 unspecified atom stereocenters. The molecule has 0 aliphatic carbocycles. The van der Waals surface area contributed by atoms with Gasteiger partial charge in [0.2, 0.25) is 11.8 Å². The topological polar surface area (TPSA) is 101 Å². The van der Waals surface area contributed by atoms with E-state index in [1.807, 2.05) is 19.1 Å². The number of ether oxygens (including phenoxy) is 1. The zero-order chi connectivity index (χ0) is 21.0. The zero-order valence-electron chi connectivity index (χ0n) is 15.5. The molecule has 1 fully saturated rings. The van der Waals surface area contributed by atoms with Gasteiger partial charge in [-0.2, -0.15) is 0 Å². The van der Waals surface area contributed by atoms with Gasteiger partial charge in [0.25, 0.3) is 5.91 Å². The van der Waals surface area contributed by atoms with Crippen molar-refractivity contribution >= 4 is 49.6 Å². The monoisotopic (exact) mass is 527 g/mol. The fraction of sp³-hybridized carbons (Fsp3) is 0.316. The van der Waals surface area contributed by atoms with Gasteiger partial charge in [-0.15, -0.1) is 0 Å². The number of amides is 3. The van der Waals surface area contributed by atoms with Gasteiger partial charge in [-0.1, -0.05) is 15.9 Å². The molecule has 8 nitrogen and oxygen atoms in total. The summed E-state index contributed by atoms with van der Waals surface area (Å²) in [6, 6.07) is 7.19. The van der Waals surface area contributed by atoms with Crippen molar-refractivity contribution in [3.05, 3.63) is 50.8 Å². The SMILES string of the molecule is Cc1cc(Br)cc(Br)c1OCC(=O)NNC(=O)C1CC(=O)N(Cc2ccco2)C1. The second-order valence-electron chi connectivity index (χ2n) is 6.61. The highest BCUT2D eigenvalue weighted by molar-refractivity contribution is 9.11. The summed E-state index contributed by atoms with van der Waals surface area (Å²) in [5.41, 5.74) is 5.53. The summed E-state index contributed by atoms with van der Waals surface area (Å²) >= 11 is 6.77. The minimum atomic E-state index is -0.540. The van der Waals surface area contributed by atoms with E-state index in [2.05, 4.69) is 42.7 Å². The van der Waals surface area contributed by atoms with Gasteiger partial charge >= 0.3 is 0 Å². The van der Waals surface area contributed by atoms with Crippen LogP contribution in [0.25, 0.3) is 0 Å². The third-order valence-corrected chi connectivity index (χ3v) is 5.43. The molecule has 3 amide bonds. The number of rotatable bonds is 6. The second-order valence-corrected chi connectivity index (χ2v) is 8.38. The first-order chi connectivity index (χ1) is 13.8. The predicted octanol–water partition coefficient (Wildman–Crippen LogP) is 2.69. The molecule has 1 aliphatic heterocycles. The van der Waals surface area contributed by atoms with Crippen LogP contribution >= 0.6 is 31.9 Å². The average molecular weight is 529 g/mol. The fourth-order valence-corrected chi connectivity index (χ4v) is 4.52. The van der Waals surface area contributed by atoms with Crippen LogP contribution in [-0.4, -0.2) is 35.8 Å². The first-order valence-corrected chi connectivity index (χ1v) is 10.4. The van der Waals surface area contributed by atoms with Crippen molar-refractivity contribution < 1.29 is 23.5 Å². The van der Waals surface area contributed by atoms with Crippen molar-refractivity contribution in [2.75, 3.05) is 13.2 Å². The molecule has 0 saturated carbocycles. The van der Waals surface area contributed by atoms with E-state index >= 15 is 0 Å². The molecule has 29 heavy (non-hydrogen) atoms. The number of nitrogens with zero attached hydrogens (tertiary/aromatic N) is 1. The number of hydrogen-bond donors (Lipinski definition) is 2. The van der Waals surface area contributed by atoms with E-state index in [9.17, 15) is 14.4 Å². The Labute approximate surface area is 184 Å². The summed E-state index contributed by atoms with van der Waals surface area (Å²) in [6.45, 7) is 2.17. The number of hydrazine groups is 1. The van der Waals surface area contributed by atoms with Gasteiger partial charge in [0.05, 0.1) is 23.2 Å². The first kappa shape index (κ1) is 21.4. The highest BCUT2D eigenvalue weighted by Crippen LogP contribution is 2.32. The second kappa shape index (κ2) is 9.45. The highest BCUT2D eigenvalue weighted by atomic mass is 79.9. The van der Waals surface area contributed by atoms with Gasteiger partial charge < -0.3 is 14.1 Å². The number of likely N-dealkylation sites (tertiary alicyclic amines) is 1. The molecule has 0 spiro atoms. The fourth-order valence-electron chi connectivity index (χ4n) is 2.97. The summed E-state index contributed by atoms with van der Waals surface area (Å²) in [7, 11) is 0. The lowest BCUT2D eigenvalue weighted by Crippen LogP contribution is -2.46. The molecule has 1 aliphatic rings. The molecule has 2 heterocycles. The average Bonchev–Trinajstić information content (AvgIpc) is 3.29. The van der Waals surface area contributed by atoms with Crippen molar-refractivity contribution in [3.8, 4) is 5.75 Å². The summed E-state index contributed by atoms with van der Waals surface area (Å²) in [5, 5.41) is 0. The van der Waals surface area contributed by atoms with E-state index in [1.54, 1.807) is 17.0 Å². The predicted molar refractivity (Wildman–Crippen MR) is 111 cm³/mol. The van der Waals surface area contributed by atoms with Crippen LogP contribution in [0.1, 0.15) is 17.7 Å². The lowest BCUT2D eigenvalue weighted by atomic mass is 10.1. The maximum Gasteiger partial charge on any atom is 0.276 e. The molecule has 1 atom stereocenters.